The first-order chi connectivity index (χ1) is 11.8. The van der Waals surface area contributed by atoms with Gasteiger partial charge >= 0.3 is 0 Å². The standard InChI is InChI=1S/C19H30N4O/c1-3-20-19(21-11-8-14-24-4-2)22-16-17-9-7-10-18(15-17)23-12-5-6-13-23/h5-7,9-10,15H,3-4,8,11-14,16H2,1-2H3,(H2,20,21,22). The molecular formula is C19H30N4O. The molecule has 1 aromatic carbocycles. The Morgan fingerprint density at radius 3 is 2.79 bits per heavy atom. The highest BCUT2D eigenvalue weighted by atomic mass is 16.5. The van der Waals surface area contributed by atoms with E-state index < -0.39 is 0 Å². The van der Waals surface area contributed by atoms with Gasteiger partial charge in [-0.1, -0.05) is 24.3 Å². The minimum atomic E-state index is 0.676. The number of nitrogens with one attached hydrogen (secondary N) is 2. The van der Waals surface area contributed by atoms with E-state index in [0.717, 1.165) is 51.8 Å². The molecule has 132 valence electrons. The Bertz CT molecular complexity index is 534. The van der Waals surface area contributed by atoms with Gasteiger partial charge in [0, 0.05) is 45.1 Å². The third kappa shape index (κ3) is 6.24. The van der Waals surface area contributed by atoms with E-state index in [1.807, 2.05) is 6.92 Å². The molecule has 5 heteroatoms. The zero-order chi connectivity index (χ0) is 17.0. The molecule has 0 spiro atoms. The molecule has 1 aliphatic rings. The van der Waals surface area contributed by atoms with Gasteiger partial charge in [0.15, 0.2) is 5.96 Å². The van der Waals surface area contributed by atoms with Crippen molar-refractivity contribution in [3.8, 4) is 0 Å². The summed E-state index contributed by atoms with van der Waals surface area (Å²) < 4.78 is 5.36. The second-order valence-corrected chi connectivity index (χ2v) is 5.72. The van der Waals surface area contributed by atoms with E-state index in [1.54, 1.807) is 0 Å². The molecule has 0 radical (unpaired) electrons. The number of anilines is 1. The quantitative estimate of drug-likeness (QED) is 0.316. The minimum Gasteiger partial charge on any atom is -0.382 e. The molecular weight excluding hydrogens is 300 g/mol. The van der Waals surface area contributed by atoms with Crippen molar-refractivity contribution in [1.82, 2.24) is 10.6 Å². The van der Waals surface area contributed by atoms with Gasteiger partial charge in [-0.15, -0.1) is 0 Å². The van der Waals surface area contributed by atoms with Gasteiger partial charge in [0.05, 0.1) is 6.54 Å². The number of benzene rings is 1. The summed E-state index contributed by atoms with van der Waals surface area (Å²) in [6.45, 7) is 10.1. The van der Waals surface area contributed by atoms with Crippen molar-refractivity contribution in [2.45, 2.75) is 26.8 Å². The molecule has 0 saturated heterocycles. The fourth-order valence-corrected chi connectivity index (χ4v) is 2.58. The summed E-state index contributed by atoms with van der Waals surface area (Å²) in [5, 5.41) is 6.65. The molecule has 24 heavy (non-hydrogen) atoms. The predicted octanol–water partition coefficient (Wildman–Crippen LogP) is 2.54. The molecule has 0 aromatic heterocycles. The Morgan fingerprint density at radius 2 is 2.04 bits per heavy atom. The molecule has 5 nitrogen and oxygen atoms in total. The van der Waals surface area contributed by atoms with Gasteiger partial charge in [-0.3, -0.25) is 0 Å². The predicted molar refractivity (Wildman–Crippen MR) is 102 cm³/mol. The number of nitrogens with zero attached hydrogens (tertiary/aromatic N) is 2. The largest absolute Gasteiger partial charge is 0.382 e. The van der Waals surface area contributed by atoms with Gasteiger partial charge in [0.2, 0.25) is 0 Å². The summed E-state index contributed by atoms with van der Waals surface area (Å²) in [7, 11) is 0. The molecule has 0 bridgehead atoms. The van der Waals surface area contributed by atoms with E-state index in [-0.39, 0.29) is 0 Å². The molecule has 0 amide bonds. The van der Waals surface area contributed by atoms with Gasteiger partial charge in [-0.05, 0) is 38.0 Å². The second kappa shape index (κ2) is 10.7. The highest BCUT2D eigenvalue weighted by Gasteiger charge is 2.07. The van der Waals surface area contributed by atoms with Crippen molar-refractivity contribution in [2.24, 2.45) is 4.99 Å². The molecule has 0 saturated carbocycles. The lowest BCUT2D eigenvalue weighted by atomic mass is 10.2. The zero-order valence-electron chi connectivity index (χ0n) is 14.9. The molecule has 0 fully saturated rings. The van der Waals surface area contributed by atoms with Crippen LogP contribution in [0.3, 0.4) is 0 Å². The molecule has 1 aliphatic heterocycles. The lowest BCUT2D eigenvalue weighted by molar-refractivity contribution is 0.145. The van der Waals surface area contributed by atoms with E-state index in [9.17, 15) is 0 Å². The van der Waals surface area contributed by atoms with Crippen LogP contribution in [0, 0.1) is 0 Å². The monoisotopic (exact) mass is 330 g/mol. The Kier molecular flexibility index (Phi) is 8.18. The number of hydrogen-bond donors (Lipinski definition) is 2. The van der Waals surface area contributed by atoms with Crippen molar-refractivity contribution in [3.63, 3.8) is 0 Å². The summed E-state index contributed by atoms with van der Waals surface area (Å²) >= 11 is 0. The topological polar surface area (TPSA) is 48.9 Å². The molecule has 0 aliphatic carbocycles. The summed E-state index contributed by atoms with van der Waals surface area (Å²) in [6, 6.07) is 8.64. The van der Waals surface area contributed by atoms with Gasteiger partial charge in [-0.2, -0.15) is 0 Å². The number of guanidine groups is 1. The van der Waals surface area contributed by atoms with Crippen LogP contribution in [0.15, 0.2) is 41.4 Å². The third-order valence-electron chi connectivity index (χ3n) is 3.82. The number of hydrogen-bond acceptors (Lipinski definition) is 3. The maximum atomic E-state index is 5.36. The SMILES string of the molecule is CCNC(=NCc1cccc(N2CC=CC2)c1)NCCCOCC. The van der Waals surface area contributed by atoms with Crippen LogP contribution in [-0.2, 0) is 11.3 Å². The van der Waals surface area contributed by atoms with E-state index in [4.69, 9.17) is 4.74 Å². The fourth-order valence-electron chi connectivity index (χ4n) is 2.58. The first kappa shape index (κ1) is 18.3. The molecule has 1 heterocycles. The molecule has 1 aromatic rings. The number of aliphatic imine (C=N–C) groups is 1. The third-order valence-corrected chi connectivity index (χ3v) is 3.82. The first-order valence-electron chi connectivity index (χ1n) is 8.92. The summed E-state index contributed by atoms with van der Waals surface area (Å²) in [6.07, 6.45) is 5.40. The Hall–Kier alpha value is -2.01. The van der Waals surface area contributed by atoms with Crippen molar-refractivity contribution >= 4 is 11.6 Å². The van der Waals surface area contributed by atoms with Crippen LogP contribution in [-0.4, -0.2) is 45.4 Å². The number of rotatable bonds is 9. The van der Waals surface area contributed by atoms with E-state index in [1.165, 1.54) is 11.3 Å². The molecule has 2 N–H and O–H groups in total. The van der Waals surface area contributed by atoms with Crippen LogP contribution >= 0.6 is 0 Å². The average molecular weight is 330 g/mol. The normalized spacial score (nSPS) is 14.2. The van der Waals surface area contributed by atoms with E-state index in [0.29, 0.717) is 6.54 Å². The van der Waals surface area contributed by atoms with Crippen LogP contribution in [0.2, 0.25) is 0 Å². The zero-order valence-corrected chi connectivity index (χ0v) is 14.9. The van der Waals surface area contributed by atoms with Crippen molar-refractivity contribution in [2.75, 3.05) is 44.3 Å². The molecule has 0 unspecified atom stereocenters. The van der Waals surface area contributed by atoms with Gasteiger partial charge in [-0.25, -0.2) is 4.99 Å². The Balaban J connectivity index is 1.86. The van der Waals surface area contributed by atoms with Gasteiger partial charge in [0.1, 0.15) is 0 Å². The maximum Gasteiger partial charge on any atom is 0.191 e. The summed E-state index contributed by atoms with van der Waals surface area (Å²) in [4.78, 5) is 7.04. The summed E-state index contributed by atoms with van der Waals surface area (Å²) in [5.41, 5.74) is 2.49. The van der Waals surface area contributed by atoms with Crippen LogP contribution in [0.1, 0.15) is 25.8 Å². The molecule has 2 rings (SSSR count). The smallest absolute Gasteiger partial charge is 0.191 e. The van der Waals surface area contributed by atoms with Gasteiger partial charge < -0.3 is 20.3 Å². The van der Waals surface area contributed by atoms with Crippen molar-refractivity contribution in [1.29, 1.82) is 0 Å². The fraction of sp³-hybridized carbons (Fsp3) is 0.526. The highest BCUT2D eigenvalue weighted by molar-refractivity contribution is 5.79. The molecule has 0 atom stereocenters. The highest BCUT2D eigenvalue weighted by Crippen LogP contribution is 2.18. The van der Waals surface area contributed by atoms with Crippen LogP contribution < -0.4 is 15.5 Å². The Morgan fingerprint density at radius 1 is 1.21 bits per heavy atom. The van der Waals surface area contributed by atoms with Crippen molar-refractivity contribution in [3.05, 3.63) is 42.0 Å². The lowest BCUT2D eigenvalue weighted by Gasteiger charge is -2.18. The average Bonchev–Trinajstić information content (AvgIpc) is 3.14. The Labute approximate surface area is 145 Å². The van der Waals surface area contributed by atoms with Crippen molar-refractivity contribution < 1.29 is 4.74 Å². The maximum absolute atomic E-state index is 5.36. The minimum absolute atomic E-state index is 0.676. The van der Waals surface area contributed by atoms with Crippen LogP contribution in [0.25, 0.3) is 0 Å². The second-order valence-electron chi connectivity index (χ2n) is 5.72. The van der Waals surface area contributed by atoms with Crippen LogP contribution in [0.5, 0.6) is 0 Å². The van der Waals surface area contributed by atoms with E-state index in [2.05, 4.69) is 63.9 Å². The van der Waals surface area contributed by atoms with Gasteiger partial charge in [0.25, 0.3) is 0 Å². The van der Waals surface area contributed by atoms with Crippen LogP contribution in [0.4, 0.5) is 5.69 Å². The number of ether oxygens (including phenoxy) is 1. The summed E-state index contributed by atoms with van der Waals surface area (Å²) in [5.74, 6) is 0.863. The lowest BCUT2D eigenvalue weighted by Crippen LogP contribution is -2.38. The van der Waals surface area contributed by atoms with E-state index >= 15 is 0 Å². The first-order valence-corrected chi connectivity index (χ1v) is 8.92.